The van der Waals surface area contributed by atoms with Crippen molar-refractivity contribution in [3.63, 3.8) is 0 Å². The Morgan fingerprint density at radius 2 is 2.09 bits per heavy atom. The summed E-state index contributed by atoms with van der Waals surface area (Å²) in [6, 6.07) is 8.32. The number of fused-ring (bicyclic) bond motifs is 1. The standard InChI is InChI=1S/C17H22N4O2/c1-20(2)13-6-4-12(5-7-13)17-14-10-18-9-8-15(14)21(19-17)11-16(22)23-3/h4-7,18H,8-11H2,1-3H3. The minimum Gasteiger partial charge on any atom is -0.468 e. The smallest absolute Gasteiger partial charge is 0.327 e. The maximum atomic E-state index is 11.6. The number of esters is 1. The van der Waals surface area contributed by atoms with Gasteiger partial charge in [0.1, 0.15) is 6.54 Å². The first-order valence-corrected chi connectivity index (χ1v) is 7.74. The number of carbonyl (C=O) groups excluding carboxylic acids is 1. The van der Waals surface area contributed by atoms with Crippen molar-refractivity contribution >= 4 is 11.7 Å². The maximum Gasteiger partial charge on any atom is 0.327 e. The molecule has 122 valence electrons. The van der Waals surface area contributed by atoms with Crippen molar-refractivity contribution in [2.75, 3.05) is 32.6 Å². The first-order valence-electron chi connectivity index (χ1n) is 7.74. The number of rotatable bonds is 4. The molecule has 0 fully saturated rings. The van der Waals surface area contributed by atoms with E-state index in [0.717, 1.165) is 42.1 Å². The lowest BCUT2D eigenvalue weighted by Gasteiger charge is -2.15. The van der Waals surface area contributed by atoms with Crippen LogP contribution in [0.4, 0.5) is 5.69 Å². The van der Waals surface area contributed by atoms with Gasteiger partial charge in [-0.1, -0.05) is 12.1 Å². The maximum absolute atomic E-state index is 11.6. The summed E-state index contributed by atoms with van der Waals surface area (Å²) in [5.74, 6) is -0.275. The normalized spacial score (nSPS) is 13.5. The van der Waals surface area contributed by atoms with Gasteiger partial charge in [0.2, 0.25) is 0 Å². The molecular formula is C17H22N4O2. The van der Waals surface area contributed by atoms with Crippen LogP contribution in [0.15, 0.2) is 24.3 Å². The number of carbonyl (C=O) groups is 1. The molecule has 2 heterocycles. The molecule has 0 amide bonds. The molecular weight excluding hydrogens is 292 g/mol. The Hall–Kier alpha value is -2.34. The molecule has 0 radical (unpaired) electrons. The van der Waals surface area contributed by atoms with E-state index in [1.165, 1.54) is 12.7 Å². The second-order valence-electron chi connectivity index (χ2n) is 5.88. The Balaban J connectivity index is 1.99. The topological polar surface area (TPSA) is 59.4 Å². The van der Waals surface area contributed by atoms with Gasteiger partial charge in [-0.3, -0.25) is 9.48 Å². The van der Waals surface area contributed by atoms with Crippen molar-refractivity contribution < 1.29 is 9.53 Å². The lowest BCUT2D eigenvalue weighted by Crippen LogP contribution is -2.26. The Morgan fingerprint density at radius 3 is 2.74 bits per heavy atom. The van der Waals surface area contributed by atoms with Crippen molar-refractivity contribution in [2.45, 2.75) is 19.5 Å². The molecule has 1 aromatic carbocycles. The van der Waals surface area contributed by atoms with Gasteiger partial charge in [-0.2, -0.15) is 5.10 Å². The summed E-state index contributed by atoms with van der Waals surface area (Å²) in [4.78, 5) is 13.7. The molecule has 6 heteroatoms. The van der Waals surface area contributed by atoms with Crippen LogP contribution in [-0.4, -0.2) is 43.5 Å². The third kappa shape index (κ3) is 3.07. The monoisotopic (exact) mass is 314 g/mol. The second kappa shape index (κ2) is 6.42. The van der Waals surface area contributed by atoms with E-state index in [1.807, 2.05) is 14.1 Å². The molecule has 0 saturated heterocycles. The first-order chi connectivity index (χ1) is 11.1. The van der Waals surface area contributed by atoms with Gasteiger partial charge in [-0.05, 0) is 12.1 Å². The number of hydrogen-bond acceptors (Lipinski definition) is 5. The van der Waals surface area contributed by atoms with Crippen LogP contribution in [0.25, 0.3) is 11.3 Å². The van der Waals surface area contributed by atoms with Gasteiger partial charge >= 0.3 is 5.97 Å². The number of hydrogen-bond donors (Lipinski definition) is 1. The van der Waals surface area contributed by atoms with E-state index >= 15 is 0 Å². The molecule has 3 rings (SSSR count). The summed E-state index contributed by atoms with van der Waals surface area (Å²) in [5, 5.41) is 8.07. The number of methoxy groups -OCH3 is 1. The molecule has 0 unspecified atom stereocenters. The zero-order chi connectivity index (χ0) is 16.4. The SMILES string of the molecule is COC(=O)Cn1nc(-c2ccc(N(C)C)cc2)c2c1CCNC2. The van der Waals surface area contributed by atoms with Gasteiger partial charge in [0, 0.05) is 56.1 Å². The van der Waals surface area contributed by atoms with Gasteiger partial charge < -0.3 is 15.0 Å². The van der Waals surface area contributed by atoms with Crippen LogP contribution in [-0.2, 0) is 29.0 Å². The largest absolute Gasteiger partial charge is 0.468 e. The highest BCUT2D eigenvalue weighted by atomic mass is 16.5. The Labute approximate surface area is 136 Å². The van der Waals surface area contributed by atoms with Crippen LogP contribution >= 0.6 is 0 Å². The van der Waals surface area contributed by atoms with Crippen molar-refractivity contribution in [1.29, 1.82) is 0 Å². The number of nitrogens with zero attached hydrogens (tertiary/aromatic N) is 3. The molecule has 0 spiro atoms. The quantitative estimate of drug-likeness (QED) is 0.865. The van der Waals surface area contributed by atoms with Crippen LogP contribution in [0.3, 0.4) is 0 Å². The molecule has 1 N–H and O–H groups in total. The average Bonchev–Trinajstić information content (AvgIpc) is 2.93. The Morgan fingerprint density at radius 1 is 1.35 bits per heavy atom. The summed E-state index contributed by atoms with van der Waals surface area (Å²) in [5.41, 5.74) is 5.47. The molecule has 1 aliphatic heterocycles. The van der Waals surface area contributed by atoms with Gasteiger partial charge in [-0.15, -0.1) is 0 Å². The molecule has 0 saturated carbocycles. The number of nitrogens with one attached hydrogen (secondary N) is 1. The van der Waals surface area contributed by atoms with Crippen LogP contribution in [0.2, 0.25) is 0 Å². The predicted molar refractivity (Wildman–Crippen MR) is 89.4 cm³/mol. The van der Waals surface area contributed by atoms with Crippen molar-refractivity contribution in [2.24, 2.45) is 0 Å². The van der Waals surface area contributed by atoms with Crippen LogP contribution in [0, 0.1) is 0 Å². The number of benzene rings is 1. The van der Waals surface area contributed by atoms with E-state index in [9.17, 15) is 4.79 Å². The lowest BCUT2D eigenvalue weighted by atomic mass is 10.0. The number of anilines is 1. The van der Waals surface area contributed by atoms with E-state index < -0.39 is 0 Å². The highest BCUT2D eigenvalue weighted by Gasteiger charge is 2.22. The zero-order valence-corrected chi connectivity index (χ0v) is 13.8. The summed E-state index contributed by atoms with van der Waals surface area (Å²) in [6.07, 6.45) is 0.870. The van der Waals surface area contributed by atoms with E-state index in [2.05, 4.69) is 39.6 Å². The van der Waals surface area contributed by atoms with Crippen molar-refractivity contribution in [3.8, 4) is 11.3 Å². The fraction of sp³-hybridized carbons (Fsp3) is 0.412. The highest BCUT2D eigenvalue weighted by molar-refractivity contribution is 5.71. The van der Waals surface area contributed by atoms with E-state index in [4.69, 9.17) is 4.74 Å². The van der Waals surface area contributed by atoms with Gasteiger partial charge in [0.25, 0.3) is 0 Å². The van der Waals surface area contributed by atoms with Gasteiger partial charge in [-0.25, -0.2) is 0 Å². The van der Waals surface area contributed by atoms with E-state index in [-0.39, 0.29) is 12.5 Å². The van der Waals surface area contributed by atoms with Crippen LogP contribution in [0.1, 0.15) is 11.3 Å². The Kier molecular flexibility index (Phi) is 4.34. The summed E-state index contributed by atoms with van der Waals surface area (Å²) >= 11 is 0. The minimum absolute atomic E-state index is 0.161. The first kappa shape index (κ1) is 15.6. The summed E-state index contributed by atoms with van der Waals surface area (Å²) in [6.45, 7) is 1.84. The predicted octanol–water partition coefficient (Wildman–Crippen LogP) is 1.43. The molecule has 2 aromatic rings. The van der Waals surface area contributed by atoms with Gasteiger partial charge in [0.05, 0.1) is 12.8 Å². The third-order valence-electron chi connectivity index (χ3n) is 4.17. The van der Waals surface area contributed by atoms with Crippen LogP contribution in [0.5, 0.6) is 0 Å². The minimum atomic E-state index is -0.275. The second-order valence-corrected chi connectivity index (χ2v) is 5.88. The molecule has 23 heavy (non-hydrogen) atoms. The summed E-state index contributed by atoms with van der Waals surface area (Å²) < 4.78 is 6.57. The number of ether oxygens (including phenoxy) is 1. The average molecular weight is 314 g/mol. The molecule has 0 atom stereocenters. The molecule has 1 aliphatic rings. The van der Waals surface area contributed by atoms with Crippen LogP contribution < -0.4 is 10.2 Å². The molecule has 6 nitrogen and oxygen atoms in total. The van der Waals surface area contributed by atoms with Gasteiger partial charge in [0.15, 0.2) is 0 Å². The number of aromatic nitrogens is 2. The fourth-order valence-corrected chi connectivity index (χ4v) is 2.89. The molecule has 0 aliphatic carbocycles. The summed E-state index contributed by atoms with van der Waals surface area (Å²) in [7, 11) is 5.44. The molecule has 1 aromatic heterocycles. The highest BCUT2D eigenvalue weighted by Crippen LogP contribution is 2.29. The zero-order valence-electron chi connectivity index (χ0n) is 13.8. The Bertz CT molecular complexity index is 704. The van der Waals surface area contributed by atoms with E-state index in [0.29, 0.717) is 0 Å². The van der Waals surface area contributed by atoms with Crippen molar-refractivity contribution in [1.82, 2.24) is 15.1 Å². The lowest BCUT2D eigenvalue weighted by molar-refractivity contribution is -0.141. The fourth-order valence-electron chi connectivity index (χ4n) is 2.89. The van der Waals surface area contributed by atoms with Crippen molar-refractivity contribution in [3.05, 3.63) is 35.5 Å². The van der Waals surface area contributed by atoms with E-state index in [1.54, 1.807) is 4.68 Å². The third-order valence-corrected chi connectivity index (χ3v) is 4.17. The molecule has 0 bridgehead atoms.